The topological polar surface area (TPSA) is 29.1 Å². The lowest BCUT2D eigenvalue weighted by Crippen LogP contribution is -2.49. The summed E-state index contributed by atoms with van der Waals surface area (Å²) in [5.41, 5.74) is 0.520. The molecule has 0 atom stereocenters. The molecule has 0 bridgehead atoms. The van der Waals surface area contributed by atoms with E-state index >= 15 is 0 Å². The van der Waals surface area contributed by atoms with Gasteiger partial charge in [-0.3, -0.25) is 4.79 Å². The van der Waals surface area contributed by atoms with Crippen molar-refractivity contribution in [2.24, 2.45) is 0 Å². The van der Waals surface area contributed by atoms with Crippen LogP contribution in [0.3, 0.4) is 0 Å². The van der Waals surface area contributed by atoms with Crippen LogP contribution in [0.4, 0.5) is 0 Å². The molecule has 1 aromatic rings. The second kappa shape index (κ2) is 6.55. The molecule has 0 spiro atoms. The van der Waals surface area contributed by atoms with Crippen LogP contribution in [-0.2, 0) is 0 Å². The van der Waals surface area contributed by atoms with Crippen LogP contribution < -0.4 is 5.32 Å². The third-order valence-electron chi connectivity index (χ3n) is 3.11. The Morgan fingerprint density at radius 3 is 2.35 bits per heavy atom. The zero-order chi connectivity index (χ0) is 12.9. The molecule has 17 heavy (non-hydrogen) atoms. The Labute approximate surface area is 119 Å². The van der Waals surface area contributed by atoms with E-state index in [0.717, 1.165) is 22.6 Å². The minimum Gasteiger partial charge on any atom is -0.346 e. The molecular weight excluding hydrogens is 346 g/mol. The van der Waals surface area contributed by atoms with Gasteiger partial charge >= 0.3 is 0 Å². The van der Waals surface area contributed by atoms with Gasteiger partial charge in [0.25, 0.3) is 5.91 Å². The van der Waals surface area contributed by atoms with E-state index in [0.29, 0.717) is 5.56 Å². The number of carbonyl (C=O) groups is 1. The predicted octanol–water partition coefficient (Wildman–Crippen LogP) is 4.13. The van der Waals surface area contributed by atoms with Crippen molar-refractivity contribution >= 4 is 37.8 Å². The summed E-state index contributed by atoms with van der Waals surface area (Å²) in [5.74, 6) is -0.0272. The van der Waals surface area contributed by atoms with Crippen LogP contribution in [0.2, 0.25) is 0 Å². The Bertz CT molecular complexity index is 380. The van der Waals surface area contributed by atoms with E-state index in [4.69, 9.17) is 0 Å². The quantitative estimate of drug-likeness (QED) is 0.784. The molecule has 0 aliphatic heterocycles. The molecule has 0 aliphatic rings. The van der Waals surface area contributed by atoms with Gasteiger partial charge in [-0.25, -0.2) is 0 Å². The molecule has 1 aromatic carbocycles. The van der Waals surface area contributed by atoms with Crippen molar-refractivity contribution in [2.75, 3.05) is 5.33 Å². The van der Waals surface area contributed by atoms with Gasteiger partial charge in [0.1, 0.15) is 0 Å². The normalized spacial score (nSPS) is 11.3. The number of halogens is 2. The van der Waals surface area contributed by atoms with E-state index in [-0.39, 0.29) is 11.4 Å². The van der Waals surface area contributed by atoms with E-state index in [9.17, 15) is 4.79 Å². The summed E-state index contributed by atoms with van der Waals surface area (Å²) in [7, 11) is 0. The van der Waals surface area contributed by atoms with Crippen LogP contribution in [0.1, 0.15) is 37.0 Å². The van der Waals surface area contributed by atoms with Crippen LogP contribution in [0, 0.1) is 0 Å². The lowest BCUT2D eigenvalue weighted by atomic mass is 9.95. The van der Waals surface area contributed by atoms with Crippen molar-refractivity contribution < 1.29 is 4.79 Å². The molecule has 4 heteroatoms. The fourth-order valence-corrected chi connectivity index (χ4v) is 3.00. The molecule has 0 saturated carbocycles. The highest BCUT2D eigenvalue weighted by atomic mass is 79.9. The first-order chi connectivity index (χ1) is 8.08. The van der Waals surface area contributed by atoms with Crippen LogP contribution in [0.5, 0.6) is 0 Å². The van der Waals surface area contributed by atoms with Gasteiger partial charge in [0.05, 0.1) is 5.56 Å². The summed E-state index contributed by atoms with van der Waals surface area (Å²) in [6.45, 7) is 4.18. The molecule has 1 N–H and O–H groups in total. The summed E-state index contributed by atoms with van der Waals surface area (Å²) in [4.78, 5) is 12.2. The fraction of sp³-hybridized carbons (Fsp3) is 0.462. The second-order valence-electron chi connectivity index (χ2n) is 4.06. The minimum absolute atomic E-state index is 0.0272. The average Bonchev–Trinajstić information content (AvgIpc) is 2.36. The highest BCUT2D eigenvalue weighted by Gasteiger charge is 2.27. The molecule has 94 valence electrons. The third kappa shape index (κ3) is 3.55. The van der Waals surface area contributed by atoms with Gasteiger partial charge in [0.15, 0.2) is 0 Å². The Morgan fingerprint density at radius 2 is 1.88 bits per heavy atom. The minimum atomic E-state index is -0.160. The number of nitrogens with one attached hydrogen (secondary N) is 1. The zero-order valence-electron chi connectivity index (χ0n) is 10.1. The second-order valence-corrected chi connectivity index (χ2v) is 5.47. The Hall–Kier alpha value is -0.350. The van der Waals surface area contributed by atoms with Gasteiger partial charge in [0.2, 0.25) is 0 Å². The summed E-state index contributed by atoms with van der Waals surface area (Å²) in [6, 6.07) is 7.47. The predicted molar refractivity (Wildman–Crippen MR) is 78.7 cm³/mol. The van der Waals surface area contributed by atoms with Crippen LogP contribution >= 0.6 is 31.9 Å². The van der Waals surface area contributed by atoms with Crippen LogP contribution in [-0.4, -0.2) is 16.8 Å². The molecule has 0 aliphatic carbocycles. The molecule has 2 nitrogen and oxygen atoms in total. The number of rotatable bonds is 5. The van der Waals surface area contributed by atoms with E-state index in [1.165, 1.54) is 0 Å². The van der Waals surface area contributed by atoms with E-state index in [1.54, 1.807) is 0 Å². The van der Waals surface area contributed by atoms with Crippen molar-refractivity contribution in [3.63, 3.8) is 0 Å². The van der Waals surface area contributed by atoms with Gasteiger partial charge in [-0.1, -0.05) is 41.9 Å². The van der Waals surface area contributed by atoms with Gasteiger partial charge in [-0.2, -0.15) is 0 Å². The molecule has 1 amide bonds. The zero-order valence-corrected chi connectivity index (χ0v) is 13.3. The first-order valence-corrected chi connectivity index (χ1v) is 7.63. The summed E-state index contributed by atoms with van der Waals surface area (Å²) >= 11 is 6.88. The monoisotopic (exact) mass is 361 g/mol. The van der Waals surface area contributed by atoms with Crippen LogP contribution in [0.15, 0.2) is 28.7 Å². The smallest absolute Gasteiger partial charge is 0.252 e. The number of hydrogen-bond donors (Lipinski definition) is 1. The van der Waals surface area contributed by atoms with Crippen molar-refractivity contribution in [3.8, 4) is 0 Å². The lowest BCUT2D eigenvalue weighted by Gasteiger charge is -2.31. The van der Waals surface area contributed by atoms with Gasteiger partial charge in [-0.15, -0.1) is 0 Å². The first kappa shape index (κ1) is 14.7. The summed E-state index contributed by atoms with van der Waals surface area (Å²) < 4.78 is 0.827. The SMILES string of the molecule is CCC(CC)(CBr)NC(=O)c1ccccc1Br. The number of hydrogen-bond acceptors (Lipinski definition) is 1. The molecule has 0 radical (unpaired) electrons. The fourth-order valence-electron chi connectivity index (χ4n) is 1.60. The Kier molecular flexibility index (Phi) is 5.67. The molecule has 1 rings (SSSR count). The molecular formula is C13H17Br2NO. The number of amides is 1. The molecule has 0 aromatic heterocycles. The van der Waals surface area contributed by atoms with E-state index < -0.39 is 0 Å². The Morgan fingerprint density at radius 1 is 1.29 bits per heavy atom. The molecule has 0 fully saturated rings. The lowest BCUT2D eigenvalue weighted by molar-refractivity contribution is 0.0903. The van der Waals surface area contributed by atoms with Crippen molar-refractivity contribution in [3.05, 3.63) is 34.3 Å². The Balaban J connectivity index is 2.89. The summed E-state index contributed by atoms with van der Waals surface area (Å²) in [5, 5.41) is 3.89. The van der Waals surface area contributed by atoms with Crippen LogP contribution in [0.25, 0.3) is 0 Å². The third-order valence-corrected chi connectivity index (χ3v) is 4.87. The van der Waals surface area contributed by atoms with Gasteiger partial charge in [-0.05, 0) is 40.9 Å². The van der Waals surface area contributed by atoms with Crippen molar-refractivity contribution in [1.82, 2.24) is 5.32 Å². The standard InChI is InChI=1S/C13H17Br2NO/c1-3-13(4-2,9-14)16-12(17)10-7-5-6-8-11(10)15/h5-8H,3-4,9H2,1-2H3,(H,16,17). The number of benzene rings is 1. The first-order valence-electron chi connectivity index (χ1n) is 5.71. The number of carbonyl (C=O) groups excluding carboxylic acids is 1. The average molecular weight is 363 g/mol. The van der Waals surface area contributed by atoms with E-state index in [1.807, 2.05) is 24.3 Å². The van der Waals surface area contributed by atoms with E-state index in [2.05, 4.69) is 51.0 Å². The molecule has 0 saturated heterocycles. The highest BCUT2D eigenvalue weighted by Crippen LogP contribution is 2.21. The number of alkyl halides is 1. The molecule has 0 unspecified atom stereocenters. The van der Waals surface area contributed by atoms with Crippen molar-refractivity contribution in [1.29, 1.82) is 0 Å². The van der Waals surface area contributed by atoms with Crippen molar-refractivity contribution in [2.45, 2.75) is 32.2 Å². The maximum atomic E-state index is 12.2. The maximum Gasteiger partial charge on any atom is 0.252 e. The molecule has 0 heterocycles. The van der Waals surface area contributed by atoms with Gasteiger partial charge < -0.3 is 5.32 Å². The summed E-state index contributed by atoms with van der Waals surface area (Å²) in [6.07, 6.45) is 1.82. The van der Waals surface area contributed by atoms with Gasteiger partial charge in [0, 0.05) is 15.3 Å². The highest BCUT2D eigenvalue weighted by molar-refractivity contribution is 9.10. The largest absolute Gasteiger partial charge is 0.346 e. The maximum absolute atomic E-state index is 12.2.